The highest BCUT2D eigenvalue weighted by molar-refractivity contribution is 5.79. The Labute approximate surface area is 172 Å². The molecule has 1 aromatic carbocycles. The molecule has 2 heterocycles. The van der Waals surface area contributed by atoms with Crippen LogP contribution in [0.5, 0.6) is 5.75 Å². The Bertz CT molecular complexity index is 810. The van der Waals surface area contributed by atoms with Gasteiger partial charge in [0.25, 0.3) is 0 Å². The summed E-state index contributed by atoms with van der Waals surface area (Å²) in [4.78, 5) is 4.29. The van der Waals surface area contributed by atoms with Crippen molar-refractivity contribution < 1.29 is 14.0 Å². The molecule has 0 bridgehead atoms. The average Bonchev–Trinajstić information content (AvgIpc) is 3.39. The molecule has 0 saturated carbocycles. The van der Waals surface area contributed by atoms with Crippen LogP contribution in [0.1, 0.15) is 55.2 Å². The van der Waals surface area contributed by atoms with Crippen molar-refractivity contribution in [2.75, 3.05) is 20.3 Å². The van der Waals surface area contributed by atoms with E-state index in [0.717, 1.165) is 42.2 Å². The number of guanidine groups is 1. The first kappa shape index (κ1) is 21.2. The molecule has 2 N–H and O–H groups in total. The first-order valence-corrected chi connectivity index (χ1v) is 10.3. The first-order valence-electron chi connectivity index (χ1n) is 10.3. The van der Waals surface area contributed by atoms with Crippen LogP contribution >= 0.6 is 0 Å². The van der Waals surface area contributed by atoms with Crippen molar-refractivity contribution in [3.63, 3.8) is 0 Å². The number of benzene rings is 1. The highest BCUT2D eigenvalue weighted by Gasteiger charge is 2.17. The first-order chi connectivity index (χ1) is 14.0. The summed E-state index contributed by atoms with van der Waals surface area (Å²) in [7, 11) is 1.75. The molecule has 2 aromatic rings. The quantitative estimate of drug-likeness (QED) is 0.521. The molecule has 1 unspecified atom stereocenters. The molecule has 1 aliphatic rings. The monoisotopic (exact) mass is 400 g/mol. The van der Waals surface area contributed by atoms with Crippen LogP contribution in [0.25, 0.3) is 0 Å². The Morgan fingerprint density at radius 1 is 1.28 bits per heavy atom. The number of hydrogen-bond donors (Lipinski definition) is 2. The van der Waals surface area contributed by atoms with Gasteiger partial charge in [0.1, 0.15) is 12.4 Å². The fourth-order valence-corrected chi connectivity index (χ4v) is 3.16. The molecule has 1 aliphatic heterocycles. The largest absolute Gasteiger partial charge is 0.491 e. The summed E-state index contributed by atoms with van der Waals surface area (Å²) in [6.45, 7) is 8.81. The second-order valence-corrected chi connectivity index (χ2v) is 7.71. The third-order valence-electron chi connectivity index (χ3n) is 4.94. The van der Waals surface area contributed by atoms with Crippen molar-refractivity contribution in [2.24, 2.45) is 4.99 Å². The van der Waals surface area contributed by atoms with Gasteiger partial charge in [0, 0.05) is 31.8 Å². The molecule has 29 heavy (non-hydrogen) atoms. The predicted octanol–water partition coefficient (Wildman–Crippen LogP) is 3.53. The minimum absolute atomic E-state index is 0.198. The molecule has 0 amide bonds. The molecule has 0 spiro atoms. The topological polar surface area (TPSA) is 80.9 Å². The van der Waals surface area contributed by atoms with E-state index in [1.807, 2.05) is 6.07 Å². The second kappa shape index (κ2) is 10.3. The summed E-state index contributed by atoms with van der Waals surface area (Å²) in [6.07, 6.45) is 2.38. The minimum Gasteiger partial charge on any atom is -0.491 e. The van der Waals surface area contributed by atoms with Gasteiger partial charge in [0.15, 0.2) is 11.7 Å². The van der Waals surface area contributed by atoms with Crippen LogP contribution in [0, 0.1) is 6.92 Å². The van der Waals surface area contributed by atoms with Gasteiger partial charge in [-0.2, -0.15) is 0 Å². The molecular weight excluding hydrogens is 368 g/mol. The number of aryl methyl sites for hydroxylation is 1. The Morgan fingerprint density at radius 3 is 2.79 bits per heavy atom. The van der Waals surface area contributed by atoms with Crippen molar-refractivity contribution >= 4 is 5.96 Å². The minimum atomic E-state index is 0.198. The summed E-state index contributed by atoms with van der Waals surface area (Å²) >= 11 is 0. The molecular formula is C22H32N4O3. The molecule has 1 fully saturated rings. The molecule has 1 saturated heterocycles. The van der Waals surface area contributed by atoms with Crippen LogP contribution in [0.4, 0.5) is 0 Å². The Morgan fingerprint density at radius 2 is 2.10 bits per heavy atom. The molecule has 0 aliphatic carbocycles. The van der Waals surface area contributed by atoms with E-state index in [4.69, 9.17) is 14.0 Å². The summed E-state index contributed by atoms with van der Waals surface area (Å²) in [5, 5.41) is 10.7. The highest BCUT2D eigenvalue weighted by atomic mass is 16.5. The van der Waals surface area contributed by atoms with Gasteiger partial charge >= 0.3 is 0 Å². The zero-order valence-electron chi connectivity index (χ0n) is 17.8. The summed E-state index contributed by atoms with van der Waals surface area (Å²) in [5.74, 6) is 2.71. The number of nitrogens with zero attached hydrogens (tertiary/aromatic N) is 2. The zero-order valence-corrected chi connectivity index (χ0v) is 17.8. The van der Waals surface area contributed by atoms with Crippen LogP contribution < -0.4 is 15.4 Å². The lowest BCUT2D eigenvalue weighted by Gasteiger charge is -2.17. The van der Waals surface area contributed by atoms with Crippen LogP contribution in [-0.2, 0) is 17.8 Å². The van der Waals surface area contributed by atoms with Gasteiger partial charge in [-0.1, -0.05) is 31.1 Å². The standard InChI is InChI=1S/C22H32N4O3/c1-15(2)20-11-19(29-26-20)13-25-22(23-4)24-12-17-8-7-16(3)10-21(17)28-14-18-6-5-9-27-18/h7-8,10-11,15,18H,5-6,9,12-14H2,1-4H3,(H2,23,24,25). The molecule has 7 heteroatoms. The molecule has 3 rings (SSSR count). The van der Waals surface area contributed by atoms with Crippen molar-refractivity contribution in [3.05, 3.63) is 46.8 Å². The van der Waals surface area contributed by atoms with E-state index in [-0.39, 0.29) is 6.10 Å². The summed E-state index contributed by atoms with van der Waals surface area (Å²) < 4.78 is 17.1. The maximum atomic E-state index is 6.07. The van der Waals surface area contributed by atoms with Crippen molar-refractivity contribution in [1.29, 1.82) is 0 Å². The third kappa shape index (κ3) is 6.22. The van der Waals surface area contributed by atoms with Crippen molar-refractivity contribution in [2.45, 2.75) is 58.7 Å². The molecule has 7 nitrogen and oxygen atoms in total. The van der Waals surface area contributed by atoms with Crippen molar-refractivity contribution in [1.82, 2.24) is 15.8 Å². The van der Waals surface area contributed by atoms with Gasteiger partial charge in [-0.05, 0) is 37.3 Å². The second-order valence-electron chi connectivity index (χ2n) is 7.71. The Balaban J connectivity index is 1.54. The lowest BCUT2D eigenvalue weighted by Crippen LogP contribution is -2.36. The van der Waals surface area contributed by atoms with Gasteiger partial charge in [0.2, 0.25) is 0 Å². The number of rotatable bonds is 8. The Kier molecular flexibility index (Phi) is 7.52. The number of aromatic nitrogens is 1. The smallest absolute Gasteiger partial charge is 0.191 e. The van der Waals surface area contributed by atoms with Gasteiger partial charge in [-0.25, -0.2) is 0 Å². The van der Waals surface area contributed by atoms with E-state index in [2.05, 4.69) is 59.8 Å². The van der Waals surface area contributed by atoms with Gasteiger partial charge in [-0.15, -0.1) is 0 Å². The van der Waals surface area contributed by atoms with E-state index in [9.17, 15) is 0 Å². The van der Waals surface area contributed by atoms with E-state index in [0.29, 0.717) is 31.6 Å². The Hall–Kier alpha value is -2.54. The van der Waals surface area contributed by atoms with E-state index in [1.54, 1.807) is 7.05 Å². The fourth-order valence-electron chi connectivity index (χ4n) is 3.16. The lowest BCUT2D eigenvalue weighted by atomic mass is 10.1. The van der Waals surface area contributed by atoms with Gasteiger partial charge < -0.3 is 24.6 Å². The summed E-state index contributed by atoms with van der Waals surface area (Å²) in [6, 6.07) is 8.23. The number of ether oxygens (including phenoxy) is 2. The van der Waals surface area contributed by atoms with Crippen LogP contribution in [0.3, 0.4) is 0 Å². The average molecular weight is 401 g/mol. The van der Waals surface area contributed by atoms with Crippen molar-refractivity contribution in [3.8, 4) is 5.75 Å². The number of nitrogens with one attached hydrogen (secondary N) is 2. The van der Waals surface area contributed by atoms with Gasteiger partial charge in [-0.3, -0.25) is 4.99 Å². The molecule has 158 valence electrons. The zero-order chi connectivity index (χ0) is 20.6. The van der Waals surface area contributed by atoms with E-state index < -0.39 is 0 Å². The normalized spacial score (nSPS) is 17.0. The van der Waals surface area contributed by atoms with E-state index in [1.165, 1.54) is 5.56 Å². The third-order valence-corrected chi connectivity index (χ3v) is 4.94. The number of hydrogen-bond acceptors (Lipinski definition) is 5. The maximum Gasteiger partial charge on any atom is 0.191 e. The SMILES string of the molecule is CN=C(NCc1cc(C(C)C)no1)NCc1ccc(C)cc1OCC1CCCO1. The van der Waals surface area contributed by atoms with E-state index >= 15 is 0 Å². The lowest BCUT2D eigenvalue weighted by molar-refractivity contribution is 0.0676. The predicted molar refractivity (Wildman–Crippen MR) is 113 cm³/mol. The van der Waals surface area contributed by atoms with Gasteiger partial charge in [0.05, 0.1) is 18.3 Å². The molecule has 1 atom stereocenters. The molecule has 1 aromatic heterocycles. The maximum absolute atomic E-state index is 6.07. The van der Waals surface area contributed by atoms with Crippen LogP contribution in [0.2, 0.25) is 0 Å². The number of aliphatic imine (C=N–C) groups is 1. The fraction of sp³-hybridized carbons (Fsp3) is 0.545. The van der Waals surface area contributed by atoms with Crippen LogP contribution in [-0.4, -0.2) is 37.5 Å². The molecule has 0 radical (unpaired) electrons. The van der Waals surface area contributed by atoms with Crippen LogP contribution in [0.15, 0.2) is 33.8 Å². The highest BCUT2D eigenvalue weighted by Crippen LogP contribution is 2.22. The summed E-state index contributed by atoms with van der Waals surface area (Å²) in [5.41, 5.74) is 3.21.